The Kier molecular flexibility index (Phi) is 5.25. The van der Waals surface area contributed by atoms with Crippen LogP contribution in [0.2, 0.25) is 0 Å². The van der Waals surface area contributed by atoms with E-state index in [4.69, 9.17) is 0 Å². The molecule has 1 aromatic heterocycles. The zero-order valence-electron chi connectivity index (χ0n) is 13.7. The fraction of sp³-hybridized carbons (Fsp3) is 0.750. The summed E-state index contributed by atoms with van der Waals surface area (Å²) in [6.07, 6.45) is 6.39. The first kappa shape index (κ1) is 16.4. The zero-order valence-corrected chi connectivity index (χ0v) is 14.5. The highest BCUT2D eigenvalue weighted by Gasteiger charge is 2.31. The molecule has 2 amide bonds. The highest BCUT2D eigenvalue weighted by molar-refractivity contribution is 7.08. The Morgan fingerprint density at radius 3 is 2.39 bits per heavy atom. The number of aromatic nitrogens is 2. The quantitative estimate of drug-likeness (QED) is 0.846. The van der Waals surface area contributed by atoms with Gasteiger partial charge < -0.3 is 9.80 Å². The van der Waals surface area contributed by atoms with E-state index in [9.17, 15) is 9.59 Å². The number of piperazine rings is 1. The number of hydrogen-bond donors (Lipinski definition) is 0. The summed E-state index contributed by atoms with van der Waals surface area (Å²) in [5.74, 6) is 0.524. The van der Waals surface area contributed by atoms with Crippen molar-refractivity contribution in [3.8, 4) is 0 Å². The predicted molar refractivity (Wildman–Crippen MR) is 88.3 cm³/mol. The minimum absolute atomic E-state index is 0.0154. The summed E-state index contributed by atoms with van der Waals surface area (Å²) in [5.41, 5.74) is 0.778. The first-order valence-corrected chi connectivity index (χ1v) is 9.37. The van der Waals surface area contributed by atoms with E-state index in [-0.39, 0.29) is 11.8 Å². The van der Waals surface area contributed by atoms with E-state index < -0.39 is 0 Å². The SMILES string of the molecule is CCc1nnsc1C(=O)N1CCN(C(=O)C2CCCCC2)CC1. The van der Waals surface area contributed by atoms with E-state index >= 15 is 0 Å². The van der Waals surface area contributed by atoms with Crippen molar-refractivity contribution in [3.63, 3.8) is 0 Å². The molecule has 2 heterocycles. The van der Waals surface area contributed by atoms with E-state index in [1.165, 1.54) is 30.8 Å². The van der Waals surface area contributed by atoms with Gasteiger partial charge in [-0.1, -0.05) is 30.7 Å². The second-order valence-electron chi connectivity index (χ2n) is 6.35. The van der Waals surface area contributed by atoms with Crippen LogP contribution in [0.5, 0.6) is 0 Å². The number of nitrogens with zero attached hydrogens (tertiary/aromatic N) is 4. The van der Waals surface area contributed by atoms with Gasteiger partial charge in [0.25, 0.3) is 5.91 Å². The van der Waals surface area contributed by atoms with Gasteiger partial charge in [0.15, 0.2) is 0 Å². The maximum absolute atomic E-state index is 12.6. The third-order valence-electron chi connectivity index (χ3n) is 4.92. The normalized spacial score (nSPS) is 19.9. The molecule has 0 bridgehead atoms. The van der Waals surface area contributed by atoms with Crippen LogP contribution >= 0.6 is 11.5 Å². The molecule has 126 valence electrons. The van der Waals surface area contributed by atoms with Crippen molar-refractivity contribution < 1.29 is 9.59 Å². The van der Waals surface area contributed by atoms with Crippen molar-refractivity contribution in [2.24, 2.45) is 5.92 Å². The molecule has 0 aromatic carbocycles. The molecule has 0 radical (unpaired) electrons. The van der Waals surface area contributed by atoms with E-state index in [1.54, 1.807) is 0 Å². The second kappa shape index (κ2) is 7.38. The van der Waals surface area contributed by atoms with Crippen LogP contribution in [0.4, 0.5) is 0 Å². The maximum atomic E-state index is 12.6. The Hall–Kier alpha value is -1.50. The lowest BCUT2D eigenvalue weighted by Crippen LogP contribution is -2.52. The summed E-state index contributed by atoms with van der Waals surface area (Å²) in [4.78, 5) is 29.6. The summed E-state index contributed by atoms with van der Waals surface area (Å²) in [5, 5.41) is 4.01. The number of carbonyl (C=O) groups is 2. The summed E-state index contributed by atoms with van der Waals surface area (Å²) in [6, 6.07) is 0. The summed E-state index contributed by atoms with van der Waals surface area (Å²) in [6.45, 7) is 4.49. The highest BCUT2D eigenvalue weighted by Crippen LogP contribution is 2.26. The largest absolute Gasteiger partial charge is 0.339 e. The van der Waals surface area contributed by atoms with Crippen molar-refractivity contribution >= 4 is 23.3 Å². The first-order valence-electron chi connectivity index (χ1n) is 8.60. The Morgan fingerprint density at radius 1 is 1.09 bits per heavy atom. The molecule has 2 aliphatic rings. The molecule has 0 atom stereocenters. The summed E-state index contributed by atoms with van der Waals surface area (Å²) < 4.78 is 3.89. The fourth-order valence-corrected chi connectivity index (χ4v) is 4.20. The van der Waals surface area contributed by atoms with Gasteiger partial charge in [0.1, 0.15) is 4.88 Å². The van der Waals surface area contributed by atoms with E-state index in [0.29, 0.717) is 37.0 Å². The lowest BCUT2D eigenvalue weighted by atomic mass is 9.88. The number of amides is 2. The van der Waals surface area contributed by atoms with Gasteiger partial charge in [0, 0.05) is 32.1 Å². The number of aryl methyl sites for hydroxylation is 1. The van der Waals surface area contributed by atoms with Crippen LogP contribution < -0.4 is 0 Å². The summed E-state index contributed by atoms with van der Waals surface area (Å²) >= 11 is 1.17. The van der Waals surface area contributed by atoms with Crippen molar-refractivity contribution in [1.82, 2.24) is 19.4 Å². The zero-order chi connectivity index (χ0) is 16.2. The van der Waals surface area contributed by atoms with Gasteiger partial charge in [-0.2, -0.15) is 0 Å². The van der Waals surface area contributed by atoms with Crippen LogP contribution in [0.3, 0.4) is 0 Å². The molecule has 2 fully saturated rings. The Labute approximate surface area is 141 Å². The molecular formula is C16H24N4O2S. The van der Waals surface area contributed by atoms with Crippen LogP contribution in [0.15, 0.2) is 0 Å². The Bertz CT molecular complexity index is 560. The van der Waals surface area contributed by atoms with E-state index in [0.717, 1.165) is 25.0 Å². The van der Waals surface area contributed by atoms with Gasteiger partial charge in [-0.3, -0.25) is 9.59 Å². The maximum Gasteiger partial charge on any atom is 0.267 e. The molecule has 1 aromatic rings. The van der Waals surface area contributed by atoms with E-state index in [2.05, 4.69) is 9.59 Å². The van der Waals surface area contributed by atoms with Gasteiger partial charge in [-0.05, 0) is 30.8 Å². The smallest absolute Gasteiger partial charge is 0.267 e. The topological polar surface area (TPSA) is 66.4 Å². The van der Waals surface area contributed by atoms with Crippen LogP contribution in [0.25, 0.3) is 0 Å². The molecule has 1 aliphatic heterocycles. The van der Waals surface area contributed by atoms with Crippen molar-refractivity contribution in [3.05, 3.63) is 10.6 Å². The standard InChI is InChI=1S/C16H24N4O2S/c1-2-13-14(23-18-17-13)16(22)20-10-8-19(9-11-20)15(21)12-6-4-3-5-7-12/h12H,2-11H2,1H3. The number of hydrogen-bond acceptors (Lipinski definition) is 5. The average molecular weight is 336 g/mol. The van der Waals surface area contributed by atoms with Gasteiger partial charge in [0.05, 0.1) is 5.69 Å². The molecule has 0 spiro atoms. The average Bonchev–Trinajstić information content (AvgIpc) is 3.10. The van der Waals surface area contributed by atoms with Crippen LogP contribution in [0.1, 0.15) is 54.4 Å². The molecular weight excluding hydrogens is 312 g/mol. The van der Waals surface area contributed by atoms with Crippen molar-refractivity contribution in [1.29, 1.82) is 0 Å². The fourth-order valence-electron chi connectivity index (χ4n) is 3.48. The molecule has 0 unspecified atom stereocenters. The second-order valence-corrected chi connectivity index (χ2v) is 7.11. The minimum Gasteiger partial charge on any atom is -0.339 e. The van der Waals surface area contributed by atoms with Gasteiger partial charge in [-0.25, -0.2) is 0 Å². The third-order valence-corrected chi connectivity index (χ3v) is 5.67. The molecule has 1 saturated heterocycles. The number of rotatable bonds is 3. The monoisotopic (exact) mass is 336 g/mol. The predicted octanol–water partition coefficient (Wildman–Crippen LogP) is 1.97. The first-order chi connectivity index (χ1) is 11.2. The number of carbonyl (C=O) groups excluding carboxylic acids is 2. The highest BCUT2D eigenvalue weighted by atomic mass is 32.1. The molecule has 23 heavy (non-hydrogen) atoms. The van der Waals surface area contributed by atoms with Crippen molar-refractivity contribution in [2.45, 2.75) is 45.4 Å². The Balaban J connectivity index is 1.55. The lowest BCUT2D eigenvalue weighted by Gasteiger charge is -2.37. The molecule has 1 saturated carbocycles. The van der Waals surface area contributed by atoms with E-state index in [1.807, 2.05) is 16.7 Å². The van der Waals surface area contributed by atoms with Crippen LogP contribution in [0, 0.1) is 5.92 Å². The molecule has 1 aliphatic carbocycles. The molecule has 6 nitrogen and oxygen atoms in total. The Morgan fingerprint density at radius 2 is 1.74 bits per heavy atom. The van der Waals surface area contributed by atoms with Crippen molar-refractivity contribution in [2.75, 3.05) is 26.2 Å². The van der Waals surface area contributed by atoms with Gasteiger partial charge in [-0.15, -0.1) is 5.10 Å². The van der Waals surface area contributed by atoms with Crippen LogP contribution in [-0.2, 0) is 11.2 Å². The molecule has 7 heteroatoms. The van der Waals surface area contributed by atoms with Gasteiger partial charge in [0.2, 0.25) is 5.91 Å². The van der Waals surface area contributed by atoms with Crippen LogP contribution in [-0.4, -0.2) is 57.4 Å². The van der Waals surface area contributed by atoms with Gasteiger partial charge >= 0.3 is 0 Å². The molecule has 3 rings (SSSR count). The minimum atomic E-state index is 0.0154. The molecule has 0 N–H and O–H groups in total. The lowest BCUT2D eigenvalue weighted by molar-refractivity contribution is -0.138. The summed E-state index contributed by atoms with van der Waals surface area (Å²) in [7, 11) is 0. The third kappa shape index (κ3) is 3.54.